The van der Waals surface area contributed by atoms with E-state index in [0.29, 0.717) is 23.9 Å². The second-order valence-electron chi connectivity index (χ2n) is 5.45. The lowest BCUT2D eigenvalue weighted by Gasteiger charge is -2.13. The molecular formula is C14H25IN4O3. The number of unbranched alkanes of at least 4 members (excludes halogenated alkanes) is 2. The minimum atomic E-state index is -0.0912. The second-order valence-corrected chi connectivity index (χ2v) is 6.21. The summed E-state index contributed by atoms with van der Waals surface area (Å²) >= 11 is 1.99. The van der Waals surface area contributed by atoms with Crippen molar-refractivity contribution in [1.82, 2.24) is 21.3 Å². The number of carbonyl (C=O) groups is 3. The van der Waals surface area contributed by atoms with Gasteiger partial charge in [-0.05, 0) is 19.8 Å². The smallest absolute Gasteiger partial charge is 0.315 e. The maximum atomic E-state index is 11.6. The summed E-state index contributed by atoms with van der Waals surface area (Å²) in [6.07, 6.45) is 4.25. The fraction of sp³-hybridized carbons (Fsp3) is 0.786. The van der Waals surface area contributed by atoms with Crippen LogP contribution in [0.2, 0.25) is 0 Å². The average Bonchev–Trinajstić information content (AvgIpc) is 2.81. The van der Waals surface area contributed by atoms with Crippen molar-refractivity contribution >= 4 is 40.4 Å². The Morgan fingerprint density at radius 2 is 1.77 bits per heavy atom. The molecule has 0 aromatic carbocycles. The quantitative estimate of drug-likeness (QED) is 0.236. The Kier molecular flexibility index (Phi) is 9.17. The Balaban J connectivity index is 1.94. The van der Waals surface area contributed by atoms with Crippen molar-refractivity contribution in [3.8, 4) is 0 Å². The van der Waals surface area contributed by atoms with Crippen LogP contribution in [-0.4, -0.2) is 47.4 Å². The highest BCUT2D eigenvalue weighted by Gasteiger charge is 2.26. The number of amides is 4. The van der Waals surface area contributed by atoms with E-state index in [1.165, 1.54) is 0 Å². The van der Waals surface area contributed by atoms with Gasteiger partial charge < -0.3 is 21.3 Å². The lowest BCUT2D eigenvalue weighted by atomic mass is 10.0. The zero-order chi connectivity index (χ0) is 16.4. The molecule has 0 saturated carbocycles. The molecule has 0 bridgehead atoms. The molecule has 0 aliphatic carbocycles. The van der Waals surface area contributed by atoms with Crippen molar-refractivity contribution in [2.45, 2.75) is 51.1 Å². The van der Waals surface area contributed by atoms with Crippen LogP contribution < -0.4 is 21.3 Å². The SMILES string of the molecule is C[C@H]1NC(=O)N[C@H]1CCCCCC(=O)NCCNC(=O)CI. The molecule has 0 aromatic heterocycles. The number of halogens is 1. The van der Waals surface area contributed by atoms with Gasteiger partial charge >= 0.3 is 6.03 Å². The number of nitrogens with one attached hydrogen (secondary N) is 4. The lowest BCUT2D eigenvalue weighted by Crippen LogP contribution is -2.35. The molecule has 1 fully saturated rings. The first-order valence-corrected chi connectivity index (χ1v) is 9.22. The van der Waals surface area contributed by atoms with Gasteiger partial charge in [-0.15, -0.1) is 0 Å². The predicted octanol–water partition coefficient (Wildman–Crippen LogP) is 0.674. The Bertz CT molecular complexity index is 392. The number of hydrogen-bond acceptors (Lipinski definition) is 3. The number of urea groups is 1. The molecule has 1 aliphatic heterocycles. The number of carbonyl (C=O) groups excluding carboxylic acids is 3. The van der Waals surface area contributed by atoms with Gasteiger partial charge in [-0.1, -0.05) is 35.4 Å². The first-order valence-electron chi connectivity index (χ1n) is 7.69. The zero-order valence-electron chi connectivity index (χ0n) is 12.9. The van der Waals surface area contributed by atoms with Gasteiger partial charge in [-0.3, -0.25) is 9.59 Å². The van der Waals surface area contributed by atoms with Crippen LogP contribution >= 0.6 is 22.6 Å². The first kappa shape index (κ1) is 19.0. The minimum Gasteiger partial charge on any atom is -0.354 e. The Labute approximate surface area is 144 Å². The normalized spacial score (nSPS) is 20.2. The largest absolute Gasteiger partial charge is 0.354 e. The summed E-state index contributed by atoms with van der Waals surface area (Å²) in [5.74, 6) is 0.00509. The Morgan fingerprint density at radius 3 is 2.36 bits per heavy atom. The van der Waals surface area contributed by atoms with Crippen LogP contribution in [0.5, 0.6) is 0 Å². The third kappa shape index (κ3) is 7.81. The van der Waals surface area contributed by atoms with Crippen molar-refractivity contribution in [3.63, 3.8) is 0 Å². The summed E-state index contributed by atoms with van der Waals surface area (Å²) in [6.45, 7) is 2.94. The van der Waals surface area contributed by atoms with Gasteiger partial charge in [0, 0.05) is 25.6 Å². The van der Waals surface area contributed by atoms with E-state index in [1.807, 2.05) is 29.5 Å². The fourth-order valence-electron chi connectivity index (χ4n) is 2.33. The van der Waals surface area contributed by atoms with Gasteiger partial charge in [-0.25, -0.2) is 4.79 Å². The molecule has 0 aromatic rings. The molecule has 0 unspecified atom stereocenters. The van der Waals surface area contributed by atoms with Crippen LogP contribution in [0.3, 0.4) is 0 Å². The molecule has 0 radical (unpaired) electrons. The molecule has 7 nitrogen and oxygen atoms in total. The molecule has 8 heteroatoms. The maximum absolute atomic E-state index is 11.6. The van der Waals surface area contributed by atoms with Gasteiger partial charge in [0.05, 0.1) is 10.5 Å². The number of alkyl halides is 1. The van der Waals surface area contributed by atoms with Crippen molar-refractivity contribution in [1.29, 1.82) is 0 Å². The molecule has 4 amide bonds. The average molecular weight is 424 g/mol. The van der Waals surface area contributed by atoms with Crippen molar-refractivity contribution in [3.05, 3.63) is 0 Å². The molecular weight excluding hydrogens is 399 g/mol. The van der Waals surface area contributed by atoms with E-state index in [4.69, 9.17) is 0 Å². The van der Waals surface area contributed by atoms with Crippen LogP contribution in [0.1, 0.15) is 39.0 Å². The highest BCUT2D eigenvalue weighted by molar-refractivity contribution is 14.1. The Hall–Kier alpha value is -1.06. The van der Waals surface area contributed by atoms with E-state index in [-0.39, 0.29) is 29.9 Å². The zero-order valence-corrected chi connectivity index (χ0v) is 15.1. The molecule has 126 valence electrons. The van der Waals surface area contributed by atoms with Crippen LogP contribution in [0, 0.1) is 0 Å². The maximum Gasteiger partial charge on any atom is 0.315 e. The first-order chi connectivity index (χ1) is 10.5. The second kappa shape index (κ2) is 10.6. The van der Waals surface area contributed by atoms with Crippen LogP contribution in [0.25, 0.3) is 0 Å². The molecule has 22 heavy (non-hydrogen) atoms. The Morgan fingerprint density at radius 1 is 1.09 bits per heavy atom. The van der Waals surface area contributed by atoms with Crippen molar-refractivity contribution in [2.24, 2.45) is 0 Å². The van der Waals surface area contributed by atoms with Crippen molar-refractivity contribution < 1.29 is 14.4 Å². The molecule has 1 saturated heterocycles. The summed E-state index contributed by atoms with van der Waals surface area (Å²) in [5.41, 5.74) is 0. The van der Waals surface area contributed by atoms with E-state index in [0.717, 1.165) is 25.7 Å². The van der Waals surface area contributed by atoms with Gasteiger partial charge in [0.25, 0.3) is 0 Å². The molecule has 2 atom stereocenters. The summed E-state index contributed by atoms with van der Waals surface area (Å²) in [6, 6.07) is 0.280. The third-order valence-electron chi connectivity index (χ3n) is 3.59. The monoisotopic (exact) mass is 424 g/mol. The minimum absolute atomic E-state index is 0.0161. The molecule has 0 spiro atoms. The highest BCUT2D eigenvalue weighted by atomic mass is 127. The summed E-state index contributed by atoms with van der Waals surface area (Å²) in [4.78, 5) is 33.7. The number of hydrogen-bond donors (Lipinski definition) is 4. The topological polar surface area (TPSA) is 99.3 Å². The molecule has 1 rings (SSSR count). The molecule has 4 N–H and O–H groups in total. The van der Waals surface area contributed by atoms with E-state index >= 15 is 0 Å². The lowest BCUT2D eigenvalue weighted by molar-refractivity contribution is -0.122. The highest BCUT2D eigenvalue weighted by Crippen LogP contribution is 2.11. The van der Waals surface area contributed by atoms with Crippen LogP contribution in [0.15, 0.2) is 0 Å². The summed E-state index contributed by atoms with van der Waals surface area (Å²) < 4.78 is 0.432. The van der Waals surface area contributed by atoms with E-state index < -0.39 is 0 Å². The summed E-state index contributed by atoms with van der Waals surface area (Å²) in [7, 11) is 0. The van der Waals surface area contributed by atoms with Gasteiger partial charge in [-0.2, -0.15) is 0 Å². The van der Waals surface area contributed by atoms with Crippen LogP contribution in [0.4, 0.5) is 4.79 Å². The molecule has 1 heterocycles. The van der Waals surface area contributed by atoms with Gasteiger partial charge in [0.1, 0.15) is 0 Å². The van der Waals surface area contributed by atoms with E-state index in [1.54, 1.807) is 0 Å². The van der Waals surface area contributed by atoms with Crippen LogP contribution in [-0.2, 0) is 9.59 Å². The molecule has 1 aliphatic rings. The summed E-state index contributed by atoms with van der Waals surface area (Å²) in [5, 5.41) is 11.2. The number of rotatable bonds is 10. The van der Waals surface area contributed by atoms with Gasteiger partial charge in [0.2, 0.25) is 11.8 Å². The van der Waals surface area contributed by atoms with Gasteiger partial charge in [0.15, 0.2) is 0 Å². The predicted molar refractivity (Wildman–Crippen MR) is 92.9 cm³/mol. The standard InChI is InChI=1S/C14H25IN4O3/c1-10-11(19-14(22)18-10)5-3-2-4-6-12(20)16-7-8-17-13(21)9-15/h10-11H,2-9H2,1H3,(H,16,20)(H,17,21)(H2,18,19,22)/t10-,11+/m1/s1. The third-order valence-corrected chi connectivity index (χ3v) is 4.28. The fourth-order valence-corrected chi connectivity index (χ4v) is 2.60. The van der Waals surface area contributed by atoms with E-state index in [9.17, 15) is 14.4 Å². The van der Waals surface area contributed by atoms with Crippen molar-refractivity contribution in [2.75, 3.05) is 17.5 Å². The van der Waals surface area contributed by atoms with E-state index in [2.05, 4.69) is 21.3 Å².